The Morgan fingerprint density at radius 2 is 2.19 bits per heavy atom. The minimum atomic E-state index is -3.04. The summed E-state index contributed by atoms with van der Waals surface area (Å²) in [6.45, 7) is 2.34. The number of hydrogen-bond acceptors (Lipinski definition) is 5. The van der Waals surface area contributed by atoms with Crippen molar-refractivity contribution in [3.05, 3.63) is 52.9 Å². The lowest BCUT2D eigenvalue weighted by atomic mass is 10.2. The van der Waals surface area contributed by atoms with Gasteiger partial charge in [-0.25, -0.2) is 8.42 Å². The first-order valence-corrected chi connectivity index (χ1v) is 10.6. The van der Waals surface area contributed by atoms with Gasteiger partial charge in [-0.05, 0) is 49.2 Å². The SMILES string of the molecule is Cc1cc(Cl)ccc1NC(=O)CN(Cc1ccco1)[C@H]1CCS(=O)(=O)C1. The zero-order valence-corrected chi connectivity index (χ0v) is 16.0. The van der Waals surface area contributed by atoms with Crippen molar-refractivity contribution in [2.45, 2.75) is 25.9 Å². The maximum atomic E-state index is 12.5. The van der Waals surface area contributed by atoms with E-state index in [0.29, 0.717) is 29.4 Å². The Bertz CT molecular complexity index is 881. The summed E-state index contributed by atoms with van der Waals surface area (Å²) in [5.41, 5.74) is 1.56. The van der Waals surface area contributed by atoms with Crippen LogP contribution in [-0.2, 0) is 21.2 Å². The quantitative estimate of drug-likeness (QED) is 0.812. The number of sulfone groups is 1. The van der Waals surface area contributed by atoms with Crippen molar-refractivity contribution in [1.82, 2.24) is 4.90 Å². The molecule has 0 radical (unpaired) electrons. The van der Waals surface area contributed by atoms with Crippen molar-refractivity contribution in [3.8, 4) is 0 Å². The van der Waals surface area contributed by atoms with Gasteiger partial charge in [0.15, 0.2) is 9.84 Å². The molecule has 1 amide bonds. The molecule has 26 heavy (non-hydrogen) atoms. The monoisotopic (exact) mass is 396 g/mol. The lowest BCUT2D eigenvalue weighted by Gasteiger charge is -2.26. The molecule has 1 aromatic carbocycles. The van der Waals surface area contributed by atoms with E-state index >= 15 is 0 Å². The fourth-order valence-corrected chi connectivity index (χ4v) is 5.11. The smallest absolute Gasteiger partial charge is 0.238 e. The molecule has 1 aromatic heterocycles. The highest BCUT2D eigenvalue weighted by Crippen LogP contribution is 2.22. The summed E-state index contributed by atoms with van der Waals surface area (Å²) in [7, 11) is -3.04. The van der Waals surface area contributed by atoms with Crippen molar-refractivity contribution >= 4 is 33.0 Å². The Kier molecular flexibility index (Phi) is 5.70. The highest BCUT2D eigenvalue weighted by Gasteiger charge is 2.33. The summed E-state index contributed by atoms with van der Waals surface area (Å²) in [4.78, 5) is 14.4. The number of hydrogen-bond donors (Lipinski definition) is 1. The number of anilines is 1. The molecule has 2 heterocycles. The lowest BCUT2D eigenvalue weighted by Crippen LogP contribution is -2.41. The third-order valence-electron chi connectivity index (χ3n) is 4.47. The minimum Gasteiger partial charge on any atom is -0.468 e. The average molecular weight is 397 g/mol. The van der Waals surface area contributed by atoms with Gasteiger partial charge in [-0.15, -0.1) is 0 Å². The van der Waals surface area contributed by atoms with Crippen molar-refractivity contribution < 1.29 is 17.6 Å². The molecule has 1 aliphatic heterocycles. The molecule has 8 heteroatoms. The molecule has 1 fully saturated rings. The van der Waals surface area contributed by atoms with E-state index in [0.717, 1.165) is 5.56 Å². The van der Waals surface area contributed by atoms with Gasteiger partial charge in [0.2, 0.25) is 5.91 Å². The van der Waals surface area contributed by atoms with E-state index in [2.05, 4.69) is 5.32 Å². The van der Waals surface area contributed by atoms with Crippen LogP contribution in [-0.4, -0.2) is 43.3 Å². The zero-order valence-electron chi connectivity index (χ0n) is 14.4. The number of halogens is 1. The fraction of sp³-hybridized carbons (Fsp3) is 0.389. The van der Waals surface area contributed by atoms with Crippen LogP contribution in [0.1, 0.15) is 17.7 Å². The molecule has 0 aliphatic carbocycles. The second-order valence-corrected chi connectivity index (χ2v) is 9.21. The van der Waals surface area contributed by atoms with Gasteiger partial charge in [0.05, 0.1) is 30.9 Å². The number of benzene rings is 1. The van der Waals surface area contributed by atoms with E-state index < -0.39 is 9.84 Å². The molecule has 1 N–H and O–H groups in total. The van der Waals surface area contributed by atoms with Gasteiger partial charge in [-0.1, -0.05) is 11.6 Å². The Labute approximate surface area is 158 Å². The third kappa shape index (κ3) is 4.87. The van der Waals surface area contributed by atoms with Crippen LogP contribution in [0, 0.1) is 6.92 Å². The summed E-state index contributed by atoms with van der Waals surface area (Å²) in [6.07, 6.45) is 2.09. The van der Waals surface area contributed by atoms with E-state index in [4.69, 9.17) is 16.0 Å². The van der Waals surface area contributed by atoms with Crippen LogP contribution < -0.4 is 5.32 Å². The van der Waals surface area contributed by atoms with Crippen LogP contribution in [0.15, 0.2) is 41.0 Å². The summed E-state index contributed by atoms with van der Waals surface area (Å²) < 4.78 is 29.0. The minimum absolute atomic E-state index is 0.0704. The first-order chi connectivity index (χ1) is 12.3. The number of carbonyl (C=O) groups excluding carboxylic acids is 1. The number of carbonyl (C=O) groups is 1. The van der Waals surface area contributed by atoms with E-state index in [9.17, 15) is 13.2 Å². The van der Waals surface area contributed by atoms with Crippen LogP contribution in [0.4, 0.5) is 5.69 Å². The molecule has 140 valence electrons. The van der Waals surface area contributed by atoms with Crippen molar-refractivity contribution in [2.75, 3.05) is 23.4 Å². The van der Waals surface area contributed by atoms with Gasteiger partial charge >= 0.3 is 0 Å². The molecule has 0 bridgehead atoms. The van der Waals surface area contributed by atoms with Gasteiger partial charge < -0.3 is 9.73 Å². The van der Waals surface area contributed by atoms with E-state index in [1.807, 2.05) is 17.9 Å². The number of amides is 1. The maximum absolute atomic E-state index is 12.5. The second kappa shape index (κ2) is 7.82. The zero-order chi connectivity index (χ0) is 18.7. The number of furan rings is 1. The van der Waals surface area contributed by atoms with Crippen LogP contribution in [0.2, 0.25) is 5.02 Å². The van der Waals surface area contributed by atoms with Gasteiger partial charge in [-0.3, -0.25) is 9.69 Å². The fourth-order valence-electron chi connectivity index (χ4n) is 3.12. The van der Waals surface area contributed by atoms with Crippen LogP contribution in [0.3, 0.4) is 0 Å². The third-order valence-corrected chi connectivity index (χ3v) is 6.46. The molecule has 1 atom stereocenters. The Morgan fingerprint density at radius 1 is 1.38 bits per heavy atom. The molecule has 0 unspecified atom stereocenters. The van der Waals surface area contributed by atoms with Crippen molar-refractivity contribution in [1.29, 1.82) is 0 Å². The first-order valence-electron chi connectivity index (χ1n) is 8.35. The Morgan fingerprint density at radius 3 is 2.81 bits per heavy atom. The molecule has 6 nitrogen and oxygen atoms in total. The van der Waals surface area contributed by atoms with Crippen molar-refractivity contribution in [2.24, 2.45) is 0 Å². The second-order valence-electron chi connectivity index (χ2n) is 6.55. The Balaban J connectivity index is 1.71. The molecule has 0 saturated carbocycles. The number of nitrogens with zero attached hydrogens (tertiary/aromatic N) is 1. The van der Waals surface area contributed by atoms with Gasteiger partial charge in [0, 0.05) is 16.8 Å². The van der Waals surface area contributed by atoms with Crippen LogP contribution in [0.5, 0.6) is 0 Å². The molecular formula is C18H21ClN2O4S. The predicted octanol–water partition coefficient (Wildman–Crippen LogP) is 2.87. The summed E-state index contributed by atoms with van der Waals surface area (Å²) in [5, 5.41) is 3.48. The molecule has 1 aliphatic rings. The molecule has 1 saturated heterocycles. The van der Waals surface area contributed by atoms with Crippen LogP contribution >= 0.6 is 11.6 Å². The highest BCUT2D eigenvalue weighted by molar-refractivity contribution is 7.91. The number of aryl methyl sites for hydroxylation is 1. The van der Waals surface area contributed by atoms with Gasteiger partial charge in [0.1, 0.15) is 5.76 Å². The predicted molar refractivity (Wildman–Crippen MR) is 101 cm³/mol. The first kappa shape index (κ1) is 18.9. The molecule has 3 rings (SSSR count). The largest absolute Gasteiger partial charge is 0.468 e. The lowest BCUT2D eigenvalue weighted by molar-refractivity contribution is -0.118. The average Bonchev–Trinajstić information content (AvgIpc) is 3.19. The van der Waals surface area contributed by atoms with Crippen LogP contribution in [0.25, 0.3) is 0 Å². The van der Waals surface area contributed by atoms with Gasteiger partial charge in [-0.2, -0.15) is 0 Å². The van der Waals surface area contributed by atoms with Gasteiger partial charge in [0.25, 0.3) is 0 Å². The van der Waals surface area contributed by atoms with Crippen molar-refractivity contribution in [3.63, 3.8) is 0 Å². The van der Waals surface area contributed by atoms with E-state index in [-0.39, 0.29) is 30.0 Å². The normalized spacial score (nSPS) is 19.0. The Hall–Kier alpha value is -1.83. The summed E-state index contributed by atoms with van der Waals surface area (Å²) in [5.74, 6) is 0.724. The topological polar surface area (TPSA) is 79.6 Å². The standard InChI is InChI=1S/C18H21ClN2O4S/c1-13-9-14(19)4-5-17(13)20-18(22)11-21(10-16-3-2-7-25-16)15-6-8-26(23,24)12-15/h2-5,7,9,15H,6,8,10-12H2,1H3,(H,20,22)/t15-/m0/s1. The number of rotatable bonds is 6. The molecule has 2 aromatic rings. The van der Waals surface area contributed by atoms with E-state index in [1.54, 1.807) is 30.5 Å². The molecular weight excluding hydrogens is 376 g/mol. The maximum Gasteiger partial charge on any atom is 0.238 e. The summed E-state index contributed by atoms with van der Waals surface area (Å²) >= 11 is 5.94. The number of nitrogens with one attached hydrogen (secondary N) is 1. The summed E-state index contributed by atoms with van der Waals surface area (Å²) in [6, 6.07) is 8.65. The molecule has 0 spiro atoms. The highest BCUT2D eigenvalue weighted by atomic mass is 35.5. The van der Waals surface area contributed by atoms with E-state index in [1.165, 1.54) is 0 Å².